The van der Waals surface area contributed by atoms with E-state index in [4.69, 9.17) is 14.5 Å². The average molecular weight is 288 g/mol. The molecule has 2 aliphatic heterocycles. The summed E-state index contributed by atoms with van der Waals surface area (Å²) >= 11 is 0. The van der Waals surface area contributed by atoms with Crippen LogP contribution in [-0.2, 0) is 24.6 Å². The molecular formula is C15H28O5. The zero-order chi connectivity index (χ0) is 14.1. The van der Waals surface area contributed by atoms with Crippen LogP contribution in [0.5, 0.6) is 0 Å². The van der Waals surface area contributed by atoms with E-state index in [2.05, 4.69) is 17.0 Å². The van der Waals surface area contributed by atoms with Gasteiger partial charge in [-0.2, -0.15) is 4.89 Å². The number of ether oxygens (including phenoxy) is 1. The van der Waals surface area contributed by atoms with Crippen LogP contribution in [0.15, 0.2) is 0 Å². The molecule has 0 aromatic carbocycles. The highest BCUT2D eigenvalue weighted by Gasteiger charge is 2.50. The van der Waals surface area contributed by atoms with Gasteiger partial charge in [-0.05, 0) is 16.5 Å². The first kappa shape index (κ1) is 16.2. The molecule has 2 rings (SSSR count). The average Bonchev–Trinajstić information content (AvgIpc) is 3.28. The number of hydrogen-bond acceptors (Lipinski definition) is 5. The van der Waals surface area contributed by atoms with Crippen molar-refractivity contribution in [1.82, 2.24) is 0 Å². The van der Waals surface area contributed by atoms with Gasteiger partial charge >= 0.3 is 0 Å². The molecule has 2 saturated heterocycles. The van der Waals surface area contributed by atoms with Crippen LogP contribution in [0.2, 0.25) is 0 Å². The second kappa shape index (κ2) is 8.95. The van der Waals surface area contributed by atoms with Gasteiger partial charge in [0.25, 0.3) is 0 Å². The van der Waals surface area contributed by atoms with Gasteiger partial charge in [-0.15, -0.1) is 0 Å². The van der Waals surface area contributed by atoms with Gasteiger partial charge in [-0.3, -0.25) is 0 Å². The molecular weight excluding hydrogens is 260 g/mol. The van der Waals surface area contributed by atoms with Crippen LogP contribution in [0, 0.1) is 0 Å². The fourth-order valence-corrected chi connectivity index (χ4v) is 2.84. The maximum absolute atomic E-state index is 5.41. The molecule has 0 aromatic rings. The molecule has 0 aliphatic carbocycles. The SMILES string of the molecule is CCCCCCCCCCC1(C2CO2)CCOOOO1. The number of epoxide rings is 1. The van der Waals surface area contributed by atoms with Crippen LogP contribution in [0.1, 0.15) is 71.1 Å². The second-order valence-electron chi connectivity index (χ2n) is 5.90. The van der Waals surface area contributed by atoms with E-state index < -0.39 is 0 Å². The molecule has 0 aromatic heterocycles. The molecule has 0 saturated carbocycles. The highest BCUT2D eigenvalue weighted by atomic mass is 17.7. The standard InChI is InChI=1S/C15H28O5/c1-2-3-4-5-6-7-8-9-10-15(14-13-16-14)11-12-17-19-20-18-15/h14H,2-13H2,1H3. The van der Waals surface area contributed by atoms with Crippen LogP contribution in [0.3, 0.4) is 0 Å². The number of unbranched alkanes of at least 4 members (excludes halogenated alkanes) is 7. The van der Waals surface area contributed by atoms with Crippen molar-refractivity contribution >= 4 is 0 Å². The Morgan fingerprint density at radius 2 is 1.65 bits per heavy atom. The molecule has 5 nitrogen and oxygen atoms in total. The highest BCUT2D eigenvalue weighted by molar-refractivity contribution is 4.95. The van der Waals surface area contributed by atoms with Crippen molar-refractivity contribution in [2.75, 3.05) is 13.2 Å². The third-order valence-electron chi connectivity index (χ3n) is 4.26. The van der Waals surface area contributed by atoms with Gasteiger partial charge in [0.15, 0.2) is 0 Å². The second-order valence-corrected chi connectivity index (χ2v) is 5.90. The van der Waals surface area contributed by atoms with E-state index in [1.165, 1.54) is 44.9 Å². The van der Waals surface area contributed by atoms with E-state index in [0.717, 1.165) is 25.9 Å². The van der Waals surface area contributed by atoms with E-state index in [1.54, 1.807) is 0 Å². The molecule has 2 fully saturated rings. The lowest BCUT2D eigenvalue weighted by molar-refractivity contribution is -0.638. The van der Waals surface area contributed by atoms with E-state index >= 15 is 0 Å². The van der Waals surface area contributed by atoms with Crippen LogP contribution in [0.25, 0.3) is 0 Å². The van der Waals surface area contributed by atoms with Crippen LogP contribution < -0.4 is 0 Å². The van der Waals surface area contributed by atoms with Gasteiger partial charge in [0.2, 0.25) is 0 Å². The predicted molar refractivity (Wildman–Crippen MR) is 73.5 cm³/mol. The molecule has 0 radical (unpaired) electrons. The Morgan fingerprint density at radius 3 is 2.35 bits per heavy atom. The lowest BCUT2D eigenvalue weighted by atomic mass is 9.89. The molecule has 5 heteroatoms. The Morgan fingerprint density at radius 1 is 0.950 bits per heavy atom. The van der Waals surface area contributed by atoms with Crippen molar-refractivity contribution < 1.29 is 24.6 Å². The fourth-order valence-electron chi connectivity index (χ4n) is 2.84. The zero-order valence-corrected chi connectivity index (χ0v) is 12.6. The van der Waals surface area contributed by atoms with Crippen molar-refractivity contribution in [2.45, 2.75) is 82.8 Å². The monoisotopic (exact) mass is 288 g/mol. The topological polar surface area (TPSA) is 49.5 Å². The Hall–Kier alpha value is -0.200. The molecule has 0 N–H and O–H groups in total. The van der Waals surface area contributed by atoms with E-state index in [9.17, 15) is 0 Å². The molecule has 0 spiro atoms. The maximum atomic E-state index is 5.41. The first-order valence-corrected chi connectivity index (χ1v) is 8.13. The van der Waals surface area contributed by atoms with E-state index in [1.807, 2.05) is 0 Å². The summed E-state index contributed by atoms with van der Waals surface area (Å²) in [5.74, 6) is 0. The van der Waals surface area contributed by atoms with E-state index in [-0.39, 0.29) is 11.7 Å². The molecule has 0 bridgehead atoms. The molecule has 118 valence electrons. The zero-order valence-electron chi connectivity index (χ0n) is 12.6. The molecule has 2 atom stereocenters. The summed E-state index contributed by atoms with van der Waals surface area (Å²) in [6.45, 7) is 3.49. The van der Waals surface area contributed by atoms with Gasteiger partial charge in [-0.25, -0.2) is 4.89 Å². The minimum atomic E-state index is -0.376. The number of rotatable bonds is 10. The Bertz CT molecular complexity index is 247. The Balaban J connectivity index is 1.58. The largest absolute Gasteiger partial charge is 0.370 e. The highest BCUT2D eigenvalue weighted by Crippen LogP contribution is 2.37. The Labute approximate surface area is 121 Å². The first-order chi connectivity index (χ1) is 9.87. The molecule has 2 aliphatic rings. The summed E-state index contributed by atoms with van der Waals surface area (Å²) in [4.78, 5) is 10.2. The van der Waals surface area contributed by atoms with Crippen LogP contribution >= 0.6 is 0 Å². The summed E-state index contributed by atoms with van der Waals surface area (Å²) in [5.41, 5.74) is -0.376. The molecule has 20 heavy (non-hydrogen) atoms. The molecule has 2 heterocycles. The van der Waals surface area contributed by atoms with Crippen molar-refractivity contribution in [3.8, 4) is 0 Å². The lowest BCUT2D eigenvalue weighted by Crippen LogP contribution is -2.38. The normalized spacial score (nSPS) is 30.1. The molecule has 0 amide bonds. The quantitative estimate of drug-likeness (QED) is 0.347. The van der Waals surface area contributed by atoms with Crippen molar-refractivity contribution in [3.63, 3.8) is 0 Å². The summed E-state index contributed by atoms with van der Waals surface area (Å²) in [6.07, 6.45) is 12.3. The third kappa shape index (κ3) is 5.30. The number of hydrogen-bond donors (Lipinski definition) is 0. The Kier molecular flexibility index (Phi) is 7.24. The van der Waals surface area contributed by atoms with E-state index in [0.29, 0.717) is 6.61 Å². The van der Waals surface area contributed by atoms with Gasteiger partial charge in [0.1, 0.15) is 11.7 Å². The molecule has 2 unspecified atom stereocenters. The first-order valence-electron chi connectivity index (χ1n) is 8.13. The van der Waals surface area contributed by atoms with Crippen molar-refractivity contribution in [1.29, 1.82) is 0 Å². The summed E-state index contributed by atoms with van der Waals surface area (Å²) in [7, 11) is 0. The lowest BCUT2D eigenvalue weighted by Gasteiger charge is -2.26. The summed E-state index contributed by atoms with van der Waals surface area (Å²) in [5, 5.41) is 9.06. The van der Waals surface area contributed by atoms with Gasteiger partial charge in [-0.1, -0.05) is 58.3 Å². The maximum Gasteiger partial charge on any atom is 0.137 e. The van der Waals surface area contributed by atoms with Gasteiger partial charge in [0, 0.05) is 6.42 Å². The predicted octanol–water partition coefficient (Wildman–Crippen LogP) is 3.87. The minimum Gasteiger partial charge on any atom is -0.370 e. The summed E-state index contributed by atoms with van der Waals surface area (Å²) < 4.78 is 5.41. The van der Waals surface area contributed by atoms with Crippen LogP contribution in [-0.4, -0.2) is 24.9 Å². The smallest absolute Gasteiger partial charge is 0.137 e. The van der Waals surface area contributed by atoms with Crippen LogP contribution in [0.4, 0.5) is 0 Å². The minimum absolute atomic E-state index is 0.136. The summed E-state index contributed by atoms with van der Waals surface area (Å²) in [6, 6.07) is 0. The fraction of sp³-hybridized carbons (Fsp3) is 1.00. The van der Waals surface area contributed by atoms with Gasteiger partial charge < -0.3 is 4.74 Å². The van der Waals surface area contributed by atoms with Crippen molar-refractivity contribution in [3.05, 3.63) is 0 Å². The van der Waals surface area contributed by atoms with Crippen molar-refractivity contribution in [2.24, 2.45) is 0 Å². The van der Waals surface area contributed by atoms with Gasteiger partial charge in [0.05, 0.1) is 13.2 Å². The third-order valence-corrected chi connectivity index (χ3v) is 4.26.